The summed E-state index contributed by atoms with van der Waals surface area (Å²) in [5.41, 5.74) is 3.68. The lowest BCUT2D eigenvalue weighted by Crippen LogP contribution is -2.61. The summed E-state index contributed by atoms with van der Waals surface area (Å²) < 4.78 is 0. The van der Waals surface area contributed by atoms with E-state index in [1.165, 1.54) is 0 Å². The van der Waals surface area contributed by atoms with Crippen molar-refractivity contribution in [1.82, 2.24) is 25.4 Å². The molecule has 0 radical (unpaired) electrons. The number of nitrogens with one attached hydrogen (secondary N) is 2. The molecular weight excluding hydrogens is 566 g/mol. The highest BCUT2D eigenvalue weighted by Crippen LogP contribution is 2.32. The fourth-order valence-corrected chi connectivity index (χ4v) is 6.56. The van der Waals surface area contributed by atoms with Gasteiger partial charge in [-0.3, -0.25) is 24.4 Å². The topological polar surface area (TPSA) is 118 Å². The number of carbonyl (C=O) groups excluding carboxylic acids is 2. The molecule has 3 aromatic rings. The number of β-amino-alcohol motifs (C(OH)–C–C–N with tert-alkyl or cyclic N) is 1. The van der Waals surface area contributed by atoms with Gasteiger partial charge in [-0.05, 0) is 61.9 Å². The minimum Gasteiger partial charge on any atom is -0.392 e. The summed E-state index contributed by atoms with van der Waals surface area (Å²) in [7, 11) is 0. The van der Waals surface area contributed by atoms with Crippen molar-refractivity contribution in [2.75, 3.05) is 26.2 Å². The Morgan fingerprint density at radius 3 is 2.47 bits per heavy atom. The third-order valence-corrected chi connectivity index (χ3v) is 8.70. The molecule has 5 atom stereocenters. The van der Waals surface area contributed by atoms with E-state index in [4.69, 9.17) is 0 Å². The molecule has 4 N–H and O–H groups in total. The highest BCUT2D eigenvalue weighted by molar-refractivity contribution is 5.83. The first-order valence-corrected chi connectivity index (χ1v) is 16.0. The average molecular weight is 614 g/mol. The fourth-order valence-electron chi connectivity index (χ4n) is 6.56. The van der Waals surface area contributed by atoms with Crippen LogP contribution in [-0.4, -0.2) is 86.8 Å². The van der Waals surface area contributed by atoms with Gasteiger partial charge in [-0.15, -0.1) is 0 Å². The quantitative estimate of drug-likeness (QED) is 0.263. The van der Waals surface area contributed by atoms with E-state index < -0.39 is 35.7 Å². The fraction of sp³-hybridized carbons (Fsp3) is 0.472. The van der Waals surface area contributed by atoms with Crippen LogP contribution in [0.3, 0.4) is 0 Å². The normalized spacial score (nSPS) is 21.9. The van der Waals surface area contributed by atoms with Crippen LogP contribution in [0.15, 0.2) is 79.1 Å². The number of aliphatic hydroxyl groups excluding tert-OH is 2. The van der Waals surface area contributed by atoms with Crippen LogP contribution in [0.4, 0.5) is 0 Å². The zero-order valence-electron chi connectivity index (χ0n) is 26.6. The summed E-state index contributed by atoms with van der Waals surface area (Å²) in [6, 6.07) is 20.6. The standard InChI is InChI=1S/C36H47N5O4/c1-36(2,3)39-35(45)31-24-40(22-26-12-9-15-37-21-26)16-17-41(31)23-29(42)19-28(18-25-10-5-4-6-11-25)34(44)38-33-30-14-8-7-13-27(30)20-32(33)43/h4-15,21,28-29,31-33,42-43H,16-20,22-24H2,1-3H3,(H,38,44)(H,39,45)/t28-,29-,31+,32-,33+/m1/s1. The van der Waals surface area contributed by atoms with E-state index in [9.17, 15) is 19.8 Å². The van der Waals surface area contributed by atoms with Crippen LogP contribution < -0.4 is 10.6 Å². The Kier molecular flexibility index (Phi) is 10.7. The molecule has 0 spiro atoms. The molecule has 1 fully saturated rings. The largest absolute Gasteiger partial charge is 0.392 e. The van der Waals surface area contributed by atoms with E-state index in [-0.39, 0.29) is 24.8 Å². The first kappa shape index (κ1) is 32.8. The van der Waals surface area contributed by atoms with Crippen molar-refractivity contribution in [2.45, 2.75) is 76.4 Å². The molecule has 0 saturated carbocycles. The molecule has 0 bridgehead atoms. The molecule has 240 valence electrons. The maximum Gasteiger partial charge on any atom is 0.239 e. The summed E-state index contributed by atoms with van der Waals surface area (Å²) in [4.78, 5) is 35.9. The Morgan fingerprint density at radius 2 is 1.73 bits per heavy atom. The van der Waals surface area contributed by atoms with E-state index in [1.807, 2.05) is 93.7 Å². The highest BCUT2D eigenvalue weighted by Gasteiger charge is 2.37. The van der Waals surface area contributed by atoms with Crippen molar-refractivity contribution < 1.29 is 19.8 Å². The van der Waals surface area contributed by atoms with E-state index in [2.05, 4.69) is 25.4 Å². The second-order valence-electron chi connectivity index (χ2n) is 13.6. The van der Waals surface area contributed by atoms with E-state index >= 15 is 0 Å². The molecule has 2 heterocycles. The molecular formula is C36H47N5O4. The Morgan fingerprint density at radius 1 is 1.00 bits per heavy atom. The minimum absolute atomic E-state index is 0.0712. The molecule has 2 aromatic carbocycles. The molecule has 1 saturated heterocycles. The average Bonchev–Trinajstić information content (AvgIpc) is 3.32. The first-order valence-electron chi connectivity index (χ1n) is 16.0. The molecule has 5 rings (SSSR count). The molecule has 2 amide bonds. The molecule has 2 aliphatic rings. The van der Waals surface area contributed by atoms with Crippen molar-refractivity contribution >= 4 is 11.8 Å². The predicted molar refractivity (Wildman–Crippen MR) is 174 cm³/mol. The number of benzene rings is 2. The second kappa shape index (κ2) is 14.6. The van der Waals surface area contributed by atoms with Gasteiger partial charge in [-0.25, -0.2) is 0 Å². The van der Waals surface area contributed by atoms with Gasteiger partial charge in [-0.1, -0.05) is 60.7 Å². The van der Waals surface area contributed by atoms with E-state index in [0.29, 0.717) is 32.5 Å². The maximum atomic E-state index is 13.8. The van der Waals surface area contributed by atoms with Gasteiger partial charge in [0.25, 0.3) is 0 Å². The number of hydrogen-bond donors (Lipinski definition) is 4. The Balaban J connectivity index is 1.29. The summed E-state index contributed by atoms with van der Waals surface area (Å²) >= 11 is 0. The third kappa shape index (κ3) is 8.98. The molecule has 1 aromatic heterocycles. The number of fused-ring (bicyclic) bond motifs is 1. The number of amides is 2. The number of pyridine rings is 1. The lowest BCUT2D eigenvalue weighted by Gasteiger charge is -2.42. The number of piperazine rings is 1. The molecule has 9 nitrogen and oxygen atoms in total. The van der Waals surface area contributed by atoms with Crippen LogP contribution in [0.25, 0.3) is 0 Å². The van der Waals surface area contributed by atoms with Crippen LogP contribution in [0.5, 0.6) is 0 Å². The summed E-state index contributed by atoms with van der Waals surface area (Å²) in [6.07, 6.45) is 3.26. The van der Waals surface area contributed by atoms with Crippen LogP contribution in [-0.2, 0) is 29.0 Å². The van der Waals surface area contributed by atoms with Gasteiger partial charge >= 0.3 is 0 Å². The highest BCUT2D eigenvalue weighted by atomic mass is 16.3. The number of aromatic nitrogens is 1. The zero-order chi connectivity index (χ0) is 32.0. The van der Waals surface area contributed by atoms with Crippen molar-refractivity contribution in [1.29, 1.82) is 0 Å². The summed E-state index contributed by atoms with van der Waals surface area (Å²) in [5.74, 6) is -0.781. The van der Waals surface area contributed by atoms with Gasteiger partial charge in [0.2, 0.25) is 11.8 Å². The summed E-state index contributed by atoms with van der Waals surface area (Å²) in [6.45, 7) is 8.74. The smallest absolute Gasteiger partial charge is 0.239 e. The van der Waals surface area contributed by atoms with Crippen LogP contribution in [0, 0.1) is 5.92 Å². The zero-order valence-corrected chi connectivity index (χ0v) is 26.6. The van der Waals surface area contributed by atoms with Crippen molar-refractivity contribution in [3.05, 3.63) is 101 Å². The molecule has 45 heavy (non-hydrogen) atoms. The Bertz CT molecular complexity index is 1410. The van der Waals surface area contributed by atoms with Crippen LogP contribution >= 0.6 is 0 Å². The first-order chi connectivity index (χ1) is 21.6. The van der Waals surface area contributed by atoms with Gasteiger partial charge in [0, 0.05) is 63.0 Å². The van der Waals surface area contributed by atoms with Gasteiger partial charge in [-0.2, -0.15) is 0 Å². The monoisotopic (exact) mass is 613 g/mol. The maximum absolute atomic E-state index is 13.8. The molecule has 1 aliphatic heterocycles. The van der Waals surface area contributed by atoms with Gasteiger partial charge in [0.1, 0.15) is 6.04 Å². The number of hydrogen-bond acceptors (Lipinski definition) is 7. The van der Waals surface area contributed by atoms with E-state index in [1.54, 1.807) is 6.20 Å². The number of carbonyl (C=O) groups is 2. The summed E-state index contributed by atoms with van der Waals surface area (Å²) in [5, 5.41) is 28.5. The number of nitrogens with zero attached hydrogens (tertiary/aromatic N) is 3. The predicted octanol–water partition coefficient (Wildman–Crippen LogP) is 2.87. The minimum atomic E-state index is -0.833. The SMILES string of the molecule is CC(C)(C)NC(=O)[C@@H]1CN(Cc2cccnc2)CCN1C[C@H](O)C[C@@H](Cc1ccccc1)C(=O)N[C@H]1c2ccccc2C[C@H]1O. The molecule has 0 unspecified atom stereocenters. The van der Waals surface area contributed by atoms with Gasteiger partial charge in [0.05, 0.1) is 18.2 Å². The van der Waals surface area contributed by atoms with E-state index in [0.717, 1.165) is 28.8 Å². The van der Waals surface area contributed by atoms with Crippen molar-refractivity contribution in [2.24, 2.45) is 5.92 Å². The van der Waals surface area contributed by atoms with Gasteiger partial charge in [0.15, 0.2) is 0 Å². The third-order valence-electron chi connectivity index (χ3n) is 8.70. The van der Waals surface area contributed by atoms with Crippen molar-refractivity contribution in [3.8, 4) is 0 Å². The molecule has 1 aliphatic carbocycles. The lowest BCUT2D eigenvalue weighted by atomic mass is 9.91. The van der Waals surface area contributed by atoms with Crippen LogP contribution in [0.2, 0.25) is 0 Å². The number of rotatable bonds is 11. The second-order valence-corrected chi connectivity index (χ2v) is 13.6. The van der Waals surface area contributed by atoms with Crippen molar-refractivity contribution in [3.63, 3.8) is 0 Å². The lowest BCUT2D eigenvalue weighted by molar-refractivity contribution is -0.132. The van der Waals surface area contributed by atoms with Gasteiger partial charge < -0.3 is 20.8 Å². The molecule has 9 heteroatoms. The Labute approximate surface area is 266 Å². The van der Waals surface area contributed by atoms with Crippen LogP contribution in [0.1, 0.15) is 55.5 Å². The number of aliphatic hydroxyl groups is 2. The Hall–Kier alpha value is -3.63.